The molecule has 0 saturated heterocycles. The Hall–Kier alpha value is -2.38. The first-order valence-corrected chi connectivity index (χ1v) is 9.49. The Balaban J connectivity index is 1.69. The van der Waals surface area contributed by atoms with Gasteiger partial charge in [0.1, 0.15) is 6.61 Å². The van der Waals surface area contributed by atoms with Crippen molar-refractivity contribution in [3.8, 4) is 0 Å². The zero-order chi connectivity index (χ0) is 17.9. The van der Waals surface area contributed by atoms with Crippen LogP contribution in [-0.4, -0.2) is 33.0 Å². The lowest BCUT2D eigenvalue weighted by Crippen LogP contribution is -2.36. The molecule has 25 heavy (non-hydrogen) atoms. The summed E-state index contributed by atoms with van der Waals surface area (Å²) in [5.41, 5.74) is 2.82. The van der Waals surface area contributed by atoms with Gasteiger partial charge in [-0.2, -0.15) is 0 Å². The summed E-state index contributed by atoms with van der Waals surface area (Å²) in [4.78, 5) is 14.1. The summed E-state index contributed by atoms with van der Waals surface area (Å²) >= 11 is 0. The Morgan fingerprint density at radius 1 is 1.16 bits per heavy atom. The average molecular weight is 360 g/mol. The first-order chi connectivity index (χ1) is 12.0. The summed E-state index contributed by atoms with van der Waals surface area (Å²) in [5, 5.41) is 0. The normalized spacial score (nSPS) is 14.0. The van der Waals surface area contributed by atoms with E-state index in [0.29, 0.717) is 19.5 Å². The lowest BCUT2D eigenvalue weighted by atomic mass is 10.0. The van der Waals surface area contributed by atoms with Gasteiger partial charge in [0.2, 0.25) is 10.0 Å². The number of carbonyl (C=O) groups is 1. The van der Waals surface area contributed by atoms with Crippen molar-refractivity contribution in [2.75, 3.05) is 13.6 Å². The number of carbonyl (C=O) groups excluding carboxylic acids is 1. The van der Waals surface area contributed by atoms with Gasteiger partial charge in [-0.3, -0.25) is 0 Å². The van der Waals surface area contributed by atoms with Crippen molar-refractivity contribution in [1.82, 2.24) is 9.62 Å². The van der Waals surface area contributed by atoms with Gasteiger partial charge in [-0.25, -0.2) is 17.9 Å². The monoisotopic (exact) mass is 360 g/mol. The van der Waals surface area contributed by atoms with Gasteiger partial charge in [0.15, 0.2) is 0 Å². The first kappa shape index (κ1) is 17.4. The number of sulfonamides is 1. The molecule has 0 aromatic heterocycles. The SMILES string of the molecule is CNS(=O)(=O)c1ccc2c(c1)CN(C(=O)OCc1ccccc1)CC2. The largest absolute Gasteiger partial charge is 0.445 e. The van der Waals surface area contributed by atoms with Crippen LogP contribution in [-0.2, 0) is 34.3 Å². The minimum absolute atomic E-state index is 0.202. The fourth-order valence-electron chi connectivity index (χ4n) is 2.78. The minimum Gasteiger partial charge on any atom is -0.445 e. The maximum absolute atomic E-state index is 12.3. The number of amides is 1. The smallest absolute Gasteiger partial charge is 0.410 e. The summed E-state index contributed by atoms with van der Waals surface area (Å²) in [6, 6.07) is 14.5. The van der Waals surface area contributed by atoms with Crippen molar-refractivity contribution in [2.45, 2.75) is 24.5 Å². The van der Waals surface area contributed by atoms with Gasteiger partial charge in [0.05, 0.1) is 4.90 Å². The molecule has 132 valence electrons. The van der Waals surface area contributed by atoms with E-state index in [4.69, 9.17) is 4.74 Å². The second-order valence-corrected chi connectivity index (χ2v) is 7.74. The molecule has 0 spiro atoms. The third-order valence-electron chi connectivity index (χ3n) is 4.23. The number of nitrogens with zero attached hydrogens (tertiary/aromatic N) is 1. The molecule has 1 aliphatic heterocycles. The van der Waals surface area contributed by atoms with Gasteiger partial charge in [-0.1, -0.05) is 36.4 Å². The van der Waals surface area contributed by atoms with Crippen molar-refractivity contribution in [2.24, 2.45) is 0 Å². The second-order valence-electron chi connectivity index (χ2n) is 5.85. The predicted molar refractivity (Wildman–Crippen MR) is 93.4 cm³/mol. The van der Waals surface area contributed by atoms with Gasteiger partial charge < -0.3 is 9.64 Å². The van der Waals surface area contributed by atoms with Crippen LogP contribution in [0.25, 0.3) is 0 Å². The Morgan fingerprint density at radius 3 is 2.64 bits per heavy atom. The molecular weight excluding hydrogens is 340 g/mol. The van der Waals surface area contributed by atoms with Gasteiger partial charge in [-0.05, 0) is 42.3 Å². The molecule has 0 aliphatic carbocycles. The summed E-state index contributed by atoms with van der Waals surface area (Å²) < 4.78 is 31.6. The number of nitrogens with one attached hydrogen (secondary N) is 1. The standard InChI is InChI=1S/C18H20N2O4S/c1-19-25(22,23)17-8-7-15-9-10-20(12-16(15)11-17)18(21)24-13-14-5-3-2-4-6-14/h2-8,11,19H,9-10,12-13H2,1H3. The lowest BCUT2D eigenvalue weighted by Gasteiger charge is -2.28. The molecule has 0 bridgehead atoms. The zero-order valence-corrected chi connectivity index (χ0v) is 14.8. The molecule has 2 aromatic carbocycles. The Bertz CT molecular complexity index is 866. The molecule has 1 aliphatic rings. The highest BCUT2D eigenvalue weighted by Crippen LogP contribution is 2.23. The van der Waals surface area contributed by atoms with Crippen LogP contribution in [0, 0.1) is 0 Å². The van der Waals surface area contributed by atoms with Gasteiger partial charge in [0, 0.05) is 13.1 Å². The topological polar surface area (TPSA) is 75.7 Å². The van der Waals surface area contributed by atoms with Gasteiger partial charge in [0.25, 0.3) is 0 Å². The maximum Gasteiger partial charge on any atom is 0.410 e. The molecule has 0 radical (unpaired) electrons. The van der Waals surface area contributed by atoms with Crippen LogP contribution in [0.15, 0.2) is 53.4 Å². The number of benzene rings is 2. The number of fused-ring (bicyclic) bond motifs is 1. The van der Waals surface area contributed by atoms with E-state index in [1.807, 2.05) is 36.4 Å². The number of hydrogen-bond donors (Lipinski definition) is 1. The maximum atomic E-state index is 12.3. The van der Waals surface area contributed by atoms with Crippen molar-refractivity contribution in [3.05, 3.63) is 65.2 Å². The molecule has 1 heterocycles. The van der Waals surface area contributed by atoms with Crippen LogP contribution in [0.3, 0.4) is 0 Å². The van der Waals surface area contributed by atoms with Crippen LogP contribution >= 0.6 is 0 Å². The Morgan fingerprint density at radius 2 is 1.92 bits per heavy atom. The van der Waals surface area contributed by atoms with Crippen LogP contribution in [0.5, 0.6) is 0 Å². The van der Waals surface area contributed by atoms with Gasteiger partial charge in [-0.15, -0.1) is 0 Å². The molecule has 3 rings (SSSR count). The van der Waals surface area contributed by atoms with E-state index in [1.54, 1.807) is 17.0 Å². The third kappa shape index (κ3) is 4.00. The molecule has 0 unspecified atom stereocenters. The van der Waals surface area contributed by atoms with Crippen LogP contribution in [0.4, 0.5) is 4.79 Å². The Kier molecular flexibility index (Phi) is 5.06. The van der Waals surface area contributed by atoms with E-state index in [1.165, 1.54) is 7.05 Å². The van der Waals surface area contributed by atoms with E-state index in [9.17, 15) is 13.2 Å². The number of rotatable bonds is 4. The predicted octanol–water partition coefficient (Wildman–Crippen LogP) is 2.29. The minimum atomic E-state index is -3.50. The number of ether oxygens (including phenoxy) is 1. The summed E-state index contributed by atoms with van der Waals surface area (Å²) in [7, 11) is -2.12. The fourth-order valence-corrected chi connectivity index (χ4v) is 3.57. The fraction of sp³-hybridized carbons (Fsp3) is 0.278. The van der Waals surface area contributed by atoms with Crippen molar-refractivity contribution >= 4 is 16.1 Å². The molecule has 6 nitrogen and oxygen atoms in total. The van der Waals surface area contributed by atoms with E-state index in [-0.39, 0.29) is 11.5 Å². The van der Waals surface area contributed by atoms with E-state index in [0.717, 1.165) is 16.7 Å². The van der Waals surface area contributed by atoms with Crippen molar-refractivity contribution in [1.29, 1.82) is 0 Å². The summed E-state index contributed by atoms with van der Waals surface area (Å²) in [6.45, 7) is 1.12. The van der Waals surface area contributed by atoms with E-state index < -0.39 is 16.1 Å². The third-order valence-corrected chi connectivity index (χ3v) is 5.64. The molecule has 1 N–H and O–H groups in total. The highest BCUT2D eigenvalue weighted by Gasteiger charge is 2.23. The average Bonchev–Trinajstić information content (AvgIpc) is 2.66. The Labute approximate surface area is 147 Å². The quantitative estimate of drug-likeness (QED) is 0.908. The molecule has 7 heteroatoms. The molecule has 2 aromatic rings. The van der Waals surface area contributed by atoms with E-state index >= 15 is 0 Å². The van der Waals surface area contributed by atoms with Gasteiger partial charge >= 0.3 is 6.09 Å². The van der Waals surface area contributed by atoms with Crippen LogP contribution in [0.2, 0.25) is 0 Å². The summed E-state index contributed by atoms with van der Waals surface area (Å²) in [5.74, 6) is 0. The molecule has 0 fully saturated rings. The first-order valence-electron chi connectivity index (χ1n) is 8.00. The summed E-state index contributed by atoms with van der Waals surface area (Å²) in [6.07, 6.45) is 0.284. The molecular formula is C18H20N2O4S. The van der Waals surface area contributed by atoms with Crippen LogP contribution < -0.4 is 4.72 Å². The molecule has 0 saturated carbocycles. The highest BCUT2D eigenvalue weighted by atomic mass is 32.2. The number of hydrogen-bond acceptors (Lipinski definition) is 4. The van der Waals surface area contributed by atoms with Crippen molar-refractivity contribution in [3.63, 3.8) is 0 Å². The molecule has 1 amide bonds. The highest BCUT2D eigenvalue weighted by molar-refractivity contribution is 7.89. The van der Waals surface area contributed by atoms with Crippen LogP contribution in [0.1, 0.15) is 16.7 Å². The van der Waals surface area contributed by atoms with Crippen molar-refractivity contribution < 1.29 is 17.9 Å². The zero-order valence-electron chi connectivity index (χ0n) is 13.9. The van der Waals surface area contributed by atoms with E-state index in [2.05, 4.69) is 4.72 Å². The molecule has 0 atom stereocenters. The lowest BCUT2D eigenvalue weighted by molar-refractivity contribution is 0.0918. The second kappa shape index (κ2) is 7.25.